The van der Waals surface area contributed by atoms with E-state index in [0.717, 1.165) is 0 Å². The highest BCUT2D eigenvalue weighted by Gasteiger charge is 2.26. The first-order valence-corrected chi connectivity index (χ1v) is 9.31. The van der Waals surface area contributed by atoms with E-state index in [9.17, 15) is 14.4 Å². The third kappa shape index (κ3) is 8.89. The molecule has 0 aromatic heterocycles. The summed E-state index contributed by atoms with van der Waals surface area (Å²) in [5.41, 5.74) is -0.228. The number of benzene rings is 1. The molecule has 7 heteroatoms. The molecule has 2 radical (unpaired) electrons. The van der Waals surface area contributed by atoms with Crippen LogP contribution >= 0.6 is 11.8 Å². The van der Waals surface area contributed by atoms with Crippen molar-refractivity contribution in [1.82, 2.24) is 5.32 Å². The highest BCUT2D eigenvalue weighted by Crippen LogP contribution is 2.10. The number of ketones is 1. The molecule has 0 saturated heterocycles. The van der Waals surface area contributed by atoms with Gasteiger partial charge in [0.15, 0.2) is 12.4 Å². The Morgan fingerprint density at radius 2 is 1.88 bits per heavy atom. The molecule has 6 nitrogen and oxygen atoms in total. The van der Waals surface area contributed by atoms with Crippen LogP contribution in [0.3, 0.4) is 0 Å². The van der Waals surface area contributed by atoms with E-state index in [0.29, 0.717) is 11.3 Å². The molecule has 0 aliphatic heterocycles. The molecule has 1 atom stereocenters. The smallest absolute Gasteiger partial charge is 0.408 e. The van der Waals surface area contributed by atoms with Crippen molar-refractivity contribution in [2.45, 2.75) is 32.4 Å². The average Bonchev–Trinajstić information content (AvgIpc) is 2.57. The van der Waals surface area contributed by atoms with Crippen molar-refractivity contribution >= 4 is 29.6 Å². The molecule has 142 valence electrons. The molecule has 0 aliphatic carbocycles. The van der Waals surface area contributed by atoms with Crippen molar-refractivity contribution in [2.24, 2.45) is 0 Å². The Hall–Kier alpha value is -2.02. The quantitative estimate of drug-likeness (QED) is 0.403. The lowest BCUT2D eigenvalue weighted by Gasteiger charge is -2.22. The summed E-state index contributed by atoms with van der Waals surface area (Å²) < 4.78 is 10.2. The second-order valence-electron chi connectivity index (χ2n) is 6.42. The van der Waals surface area contributed by atoms with E-state index in [1.807, 2.05) is 0 Å². The van der Waals surface area contributed by atoms with Crippen LogP contribution in [0.25, 0.3) is 0 Å². The zero-order chi connectivity index (χ0) is 19.6. The number of rotatable bonds is 9. The molecule has 0 bridgehead atoms. The summed E-state index contributed by atoms with van der Waals surface area (Å²) in [5.74, 6) is -0.0998. The molecule has 1 aromatic carbocycles. The summed E-state index contributed by atoms with van der Waals surface area (Å²) in [6, 6.07) is 7.62. The van der Waals surface area contributed by atoms with E-state index in [1.54, 1.807) is 57.5 Å². The fraction of sp³-hybridized carbons (Fsp3) is 0.421. The van der Waals surface area contributed by atoms with Gasteiger partial charge in [0.05, 0.1) is 0 Å². The number of thioether (sulfide) groups is 1. The molecule has 1 rings (SSSR count). The summed E-state index contributed by atoms with van der Waals surface area (Å²) in [5, 5.41) is 2.49. The zero-order valence-electron chi connectivity index (χ0n) is 15.3. The van der Waals surface area contributed by atoms with Crippen molar-refractivity contribution in [3.05, 3.63) is 49.2 Å². The summed E-state index contributed by atoms with van der Waals surface area (Å²) in [4.78, 5) is 36.3. The molecule has 0 saturated carbocycles. The molecule has 0 heterocycles. The molecular formula is C19H25NO5S. The molecule has 1 aromatic rings. The number of esters is 1. The van der Waals surface area contributed by atoms with Crippen LogP contribution in [0.5, 0.6) is 0 Å². The molecule has 26 heavy (non-hydrogen) atoms. The van der Waals surface area contributed by atoms with Gasteiger partial charge in [0.25, 0.3) is 0 Å². The number of carbonyl (C=O) groups excluding carboxylic acids is 3. The van der Waals surface area contributed by atoms with Gasteiger partial charge >= 0.3 is 12.1 Å². The second kappa shape index (κ2) is 10.9. The number of nitrogens with one attached hydrogen (secondary N) is 1. The van der Waals surface area contributed by atoms with Crippen LogP contribution in [-0.4, -0.2) is 47.6 Å². The molecule has 1 amide bonds. The monoisotopic (exact) mass is 379 g/mol. The molecule has 0 fully saturated rings. The van der Waals surface area contributed by atoms with E-state index >= 15 is 0 Å². The number of amides is 1. The SMILES string of the molecule is [CH2][CH]CSC[C@@H](NC(=O)OC(C)(C)C)C(=O)OCC(=O)c1ccccc1. The van der Waals surface area contributed by atoms with Gasteiger partial charge in [-0.2, -0.15) is 11.8 Å². The number of carbonyl (C=O) groups is 3. The first kappa shape index (κ1) is 22.0. The fourth-order valence-electron chi connectivity index (χ4n) is 1.83. The average molecular weight is 379 g/mol. The van der Waals surface area contributed by atoms with Crippen LogP contribution < -0.4 is 5.32 Å². The minimum absolute atomic E-state index is 0.281. The predicted molar refractivity (Wildman–Crippen MR) is 102 cm³/mol. The summed E-state index contributed by atoms with van der Waals surface area (Å²) in [7, 11) is 0. The van der Waals surface area contributed by atoms with Gasteiger partial charge in [0.2, 0.25) is 0 Å². The van der Waals surface area contributed by atoms with Crippen LogP contribution in [0.4, 0.5) is 4.79 Å². The topological polar surface area (TPSA) is 81.7 Å². The highest BCUT2D eigenvalue weighted by atomic mass is 32.2. The molecule has 0 unspecified atom stereocenters. The Morgan fingerprint density at radius 3 is 2.46 bits per heavy atom. The normalized spacial score (nSPS) is 12.2. The Balaban J connectivity index is 2.62. The Morgan fingerprint density at radius 1 is 1.23 bits per heavy atom. The Bertz CT molecular complexity index is 598. The van der Waals surface area contributed by atoms with E-state index < -0.39 is 23.7 Å². The maximum Gasteiger partial charge on any atom is 0.408 e. The van der Waals surface area contributed by atoms with Gasteiger partial charge in [0, 0.05) is 11.3 Å². The summed E-state index contributed by atoms with van der Waals surface area (Å²) >= 11 is 1.41. The van der Waals surface area contributed by atoms with Crippen molar-refractivity contribution < 1.29 is 23.9 Å². The first-order valence-electron chi connectivity index (χ1n) is 8.16. The van der Waals surface area contributed by atoms with E-state index in [-0.39, 0.29) is 18.1 Å². The minimum Gasteiger partial charge on any atom is -0.456 e. The second-order valence-corrected chi connectivity index (χ2v) is 7.50. The lowest BCUT2D eigenvalue weighted by Crippen LogP contribution is -2.46. The van der Waals surface area contributed by atoms with Gasteiger partial charge in [-0.05, 0) is 39.9 Å². The molecule has 0 aliphatic rings. The maximum absolute atomic E-state index is 12.3. The van der Waals surface area contributed by atoms with Crippen LogP contribution in [0.1, 0.15) is 31.1 Å². The lowest BCUT2D eigenvalue weighted by molar-refractivity contribution is -0.144. The van der Waals surface area contributed by atoms with Gasteiger partial charge in [-0.1, -0.05) is 30.3 Å². The van der Waals surface area contributed by atoms with Crippen molar-refractivity contribution in [3.8, 4) is 0 Å². The van der Waals surface area contributed by atoms with Crippen LogP contribution in [-0.2, 0) is 14.3 Å². The molecule has 1 N–H and O–H groups in total. The van der Waals surface area contributed by atoms with Crippen molar-refractivity contribution in [3.63, 3.8) is 0 Å². The molecule has 0 spiro atoms. The van der Waals surface area contributed by atoms with Gasteiger partial charge < -0.3 is 14.8 Å². The van der Waals surface area contributed by atoms with E-state index in [4.69, 9.17) is 9.47 Å². The predicted octanol–water partition coefficient (Wildman–Crippen LogP) is 3.08. The van der Waals surface area contributed by atoms with Crippen molar-refractivity contribution in [1.29, 1.82) is 0 Å². The fourth-order valence-corrected chi connectivity index (χ4v) is 2.59. The van der Waals surface area contributed by atoms with Crippen LogP contribution in [0, 0.1) is 13.3 Å². The zero-order valence-corrected chi connectivity index (χ0v) is 16.1. The largest absolute Gasteiger partial charge is 0.456 e. The van der Waals surface area contributed by atoms with Crippen LogP contribution in [0.15, 0.2) is 30.3 Å². The maximum atomic E-state index is 12.3. The third-order valence-corrected chi connectivity index (χ3v) is 3.98. The molecular weight excluding hydrogens is 354 g/mol. The number of hydrogen-bond donors (Lipinski definition) is 1. The Labute approximate surface area is 159 Å². The Kier molecular flexibility index (Phi) is 9.19. The highest BCUT2D eigenvalue weighted by molar-refractivity contribution is 7.99. The summed E-state index contributed by atoms with van der Waals surface area (Å²) in [6.07, 6.45) is 0.979. The van der Waals surface area contributed by atoms with Crippen molar-refractivity contribution in [2.75, 3.05) is 18.1 Å². The number of ether oxygens (including phenoxy) is 2. The van der Waals surface area contributed by atoms with Gasteiger partial charge in [-0.15, -0.1) is 0 Å². The van der Waals surface area contributed by atoms with E-state index in [2.05, 4.69) is 12.2 Å². The van der Waals surface area contributed by atoms with Crippen LogP contribution in [0.2, 0.25) is 0 Å². The standard InChI is InChI=1S/C19H25NO5S/c1-5-11-26-13-15(20-18(23)25-19(2,3)4)17(22)24-12-16(21)14-9-7-6-8-10-14/h5-10,15H,1,11-13H2,2-4H3,(H,20,23)/t15-/m1/s1. The van der Waals surface area contributed by atoms with Gasteiger partial charge in [0.1, 0.15) is 11.6 Å². The lowest BCUT2D eigenvalue weighted by atomic mass is 10.1. The number of hydrogen-bond acceptors (Lipinski definition) is 6. The first-order chi connectivity index (χ1) is 12.2. The minimum atomic E-state index is -0.918. The van der Waals surface area contributed by atoms with E-state index in [1.165, 1.54) is 11.8 Å². The van der Waals surface area contributed by atoms with Gasteiger partial charge in [-0.25, -0.2) is 9.59 Å². The summed E-state index contributed by atoms with van der Waals surface area (Å²) in [6.45, 7) is 8.41. The van der Waals surface area contributed by atoms with Gasteiger partial charge in [-0.3, -0.25) is 4.79 Å². The third-order valence-electron chi connectivity index (χ3n) is 2.94. The number of Topliss-reactive ketones (excluding diaryl/α,β-unsaturated/α-hetero) is 1. The number of alkyl carbamates (subject to hydrolysis) is 1.